The zero-order valence-electron chi connectivity index (χ0n) is 10.2. The van der Waals surface area contributed by atoms with Crippen LogP contribution in [0.5, 0.6) is 0 Å². The predicted octanol–water partition coefficient (Wildman–Crippen LogP) is 2.16. The Kier molecular flexibility index (Phi) is 3.09. The number of nitrogens with one attached hydrogen (secondary N) is 3. The summed E-state index contributed by atoms with van der Waals surface area (Å²) in [6.45, 7) is 3.16. The van der Waals surface area contributed by atoms with E-state index in [1.54, 1.807) is 0 Å². The summed E-state index contributed by atoms with van der Waals surface area (Å²) in [4.78, 5) is 11.5. The van der Waals surface area contributed by atoms with Gasteiger partial charge in [-0.3, -0.25) is 0 Å². The minimum absolute atomic E-state index is 0.268. The summed E-state index contributed by atoms with van der Waals surface area (Å²) in [5.74, 6) is 0.813. The monoisotopic (exact) mass is 265 g/mol. The number of H-pyrrole nitrogens is 1. The number of fused-ring (bicyclic) bond motifs is 1. The minimum Gasteiger partial charge on any atom is -0.365 e. The lowest BCUT2D eigenvalue weighted by Gasteiger charge is -2.28. The number of anilines is 1. The molecule has 1 aliphatic heterocycles. The molecule has 3 heterocycles. The summed E-state index contributed by atoms with van der Waals surface area (Å²) < 4.78 is 0. The van der Waals surface area contributed by atoms with Crippen molar-refractivity contribution < 1.29 is 0 Å². The fourth-order valence-corrected chi connectivity index (χ4v) is 2.51. The average Bonchev–Trinajstić information content (AvgIpc) is 2.80. The summed E-state index contributed by atoms with van der Waals surface area (Å²) in [5, 5.41) is 8.17. The largest absolute Gasteiger partial charge is 0.365 e. The molecule has 1 fully saturated rings. The van der Waals surface area contributed by atoms with E-state index in [0.29, 0.717) is 12.1 Å². The van der Waals surface area contributed by atoms with E-state index in [1.165, 1.54) is 6.42 Å². The maximum absolute atomic E-state index is 5.92. The van der Waals surface area contributed by atoms with E-state index < -0.39 is 0 Å². The third kappa shape index (κ3) is 2.28. The Morgan fingerprint density at radius 2 is 2.28 bits per heavy atom. The van der Waals surface area contributed by atoms with Gasteiger partial charge in [0.15, 0.2) is 0 Å². The molecule has 3 rings (SSSR count). The topological polar surface area (TPSA) is 65.6 Å². The molecule has 0 amide bonds. The number of hydrogen-bond acceptors (Lipinski definition) is 4. The first-order chi connectivity index (χ1) is 8.72. The van der Waals surface area contributed by atoms with Gasteiger partial charge in [-0.05, 0) is 37.4 Å². The van der Waals surface area contributed by atoms with Crippen LogP contribution in [0.3, 0.4) is 0 Å². The van der Waals surface area contributed by atoms with Crippen LogP contribution in [0.4, 0.5) is 5.82 Å². The van der Waals surface area contributed by atoms with Crippen molar-refractivity contribution in [3.63, 3.8) is 0 Å². The highest BCUT2D eigenvalue weighted by Crippen LogP contribution is 2.23. The van der Waals surface area contributed by atoms with Crippen LogP contribution in [-0.2, 0) is 0 Å². The van der Waals surface area contributed by atoms with E-state index in [4.69, 9.17) is 11.6 Å². The summed E-state index contributed by atoms with van der Waals surface area (Å²) >= 11 is 5.92. The molecule has 3 N–H and O–H groups in total. The second kappa shape index (κ2) is 4.74. The molecule has 18 heavy (non-hydrogen) atoms. The second-order valence-corrected chi connectivity index (χ2v) is 5.15. The summed E-state index contributed by atoms with van der Waals surface area (Å²) in [5.41, 5.74) is 0.773. The quantitative estimate of drug-likeness (QED) is 0.728. The minimum atomic E-state index is 0.268. The fraction of sp³-hybridized carbons (Fsp3) is 0.500. The SMILES string of the molecule is C[C@H]1CC[C@@H](Nc2nc(Cl)nc3[nH]ccc23)CN1. The van der Waals surface area contributed by atoms with Crippen molar-refractivity contribution >= 4 is 28.5 Å². The van der Waals surface area contributed by atoms with Gasteiger partial charge in [-0.2, -0.15) is 4.98 Å². The van der Waals surface area contributed by atoms with E-state index in [-0.39, 0.29) is 5.28 Å². The molecule has 2 atom stereocenters. The van der Waals surface area contributed by atoms with Crippen LogP contribution >= 0.6 is 11.6 Å². The molecule has 2 aromatic heterocycles. The van der Waals surface area contributed by atoms with Crippen LogP contribution in [-0.4, -0.2) is 33.6 Å². The first-order valence-corrected chi connectivity index (χ1v) is 6.61. The van der Waals surface area contributed by atoms with Crippen LogP contribution < -0.4 is 10.6 Å². The van der Waals surface area contributed by atoms with Crippen molar-refractivity contribution in [3.8, 4) is 0 Å². The predicted molar refractivity (Wildman–Crippen MR) is 73.0 cm³/mol. The van der Waals surface area contributed by atoms with Crippen LogP contribution in [0.1, 0.15) is 19.8 Å². The maximum Gasteiger partial charge on any atom is 0.226 e. The molecule has 0 unspecified atom stereocenters. The highest BCUT2D eigenvalue weighted by atomic mass is 35.5. The standard InChI is InChI=1S/C12H16ClN5/c1-7-2-3-8(6-15-7)16-11-9-4-5-14-10(9)17-12(13)18-11/h4-5,7-8,15H,2-3,6H2,1H3,(H2,14,16,17,18)/t7-,8+/m0/s1. The molecule has 0 spiro atoms. The molecule has 5 nitrogen and oxygen atoms in total. The van der Waals surface area contributed by atoms with Gasteiger partial charge in [-0.1, -0.05) is 0 Å². The van der Waals surface area contributed by atoms with Crippen LogP contribution in [0, 0.1) is 0 Å². The molecule has 6 heteroatoms. The van der Waals surface area contributed by atoms with Crippen molar-refractivity contribution in [3.05, 3.63) is 17.5 Å². The highest BCUT2D eigenvalue weighted by Gasteiger charge is 2.19. The van der Waals surface area contributed by atoms with Gasteiger partial charge >= 0.3 is 0 Å². The Hall–Kier alpha value is -1.33. The molecule has 0 saturated carbocycles. The highest BCUT2D eigenvalue weighted by molar-refractivity contribution is 6.28. The van der Waals surface area contributed by atoms with Crippen LogP contribution in [0.15, 0.2) is 12.3 Å². The zero-order valence-corrected chi connectivity index (χ0v) is 11.0. The Labute approximate surface area is 110 Å². The van der Waals surface area contributed by atoms with E-state index in [9.17, 15) is 0 Å². The van der Waals surface area contributed by atoms with Gasteiger partial charge in [0.25, 0.3) is 0 Å². The van der Waals surface area contributed by atoms with Gasteiger partial charge in [-0.25, -0.2) is 4.98 Å². The Bertz CT molecular complexity index is 544. The molecule has 0 radical (unpaired) electrons. The van der Waals surface area contributed by atoms with Gasteiger partial charge in [0.05, 0.1) is 5.39 Å². The second-order valence-electron chi connectivity index (χ2n) is 4.81. The van der Waals surface area contributed by atoms with Crippen molar-refractivity contribution in [1.29, 1.82) is 0 Å². The Morgan fingerprint density at radius 3 is 3.06 bits per heavy atom. The van der Waals surface area contributed by atoms with E-state index >= 15 is 0 Å². The summed E-state index contributed by atoms with van der Waals surface area (Å²) in [7, 11) is 0. The van der Waals surface area contributed by atoms with Gasteiger partial charge in [0.2, 0.25) is 5.28 Å². The fourth-order valence-electron chi connectivity index (χ4n) is 2.34. The Balaban J connectivity index is 1.83. The summed E-state index contributed by atoms with van der Waals surface area (Å²) in [6.07, 6.45) is 4.16. The number of hydrogen-bond donors (Lipinski definition) is 3. The zero-order chi connectivity index (χ0) is 12.5. The van der Waals surface area contributed by atoms with Gasteiger partial charge in [0, 0.05) is 24.8 Å². The molecule has 1 aliphatic rings. The number of nitrogens with zero attached hydrogens (tertiary/aromatic N) is 2. The first kappa shape index (κ1) is 11.7. The molecule has 1 saturated heterocycles. The Morgan fingerprint density at radius 1 is 1.39 bits per heavy atom. The van der Waals surface area contributed by atoms with Gasteiger partial charge in [0.1, 0.15) is 11.5 Å². The van der Waals surface area contributed by atoms with Crippen molar-refractivity contribution in [2.75, 3.05) is 11.9 Å². The average molecular weight is 266 g/mol. The number of rotatable bonds is 2. The number of aromatic amines is 1. The van der Waals surface area contributed by atoms with Crippen molar-refractivity contribution in [1.82, 2.24) is 20.3 Å². The van der Waals surface area contributed by atoms with Crippen molar-refractivity contribution in [2.24, 2.45) is 0 Å². The van der Waals surface area contributed by atoms with E-state index in [1.807, 2.05) is 12.3 Å². The number of piperidine rings is 1. The number of aromatic nitrogens is 3. The molecule has 0 bridgehead atoms. The molecular formula is C12H16ClN5. The molecule has 96 valence electrons. The van der Waals surface area contributed by atoms with Crippen LogP contribution in [0.2, 0.25) is 5.28 Å². The first-order valence-electron chi connectivity index (χ1n) is 6.23. The molecular weight excluding hydrogens is 250 g/mol. The lowest BCUT2D eigenvalue weighted by Crippen LogP contribution is -2.43. The lowest BCUT2D eigenvalue weighted by molar-refractivity contribution is 0.398. The van der Waals surface area contributed by atoms with E-state index in [0.717, 1.165) is 29.8 Å². The van der Waals surface area contributed by atoms with Crippen molar-refractivity contribution in [2.45, 2.75) is 31.8 Å². The molecule has 2 aromatic rings. The molecule has 0 aromatic carbocycles. The lowest BCUT2D eigenvalue weighted by atomic mass is 10.0. The maximum atomic E-state index is 5.92. The smallest absolute Gasteiger partial charge is 0.226 e. The molecule has 0 aliphatic carbocycles. The van der Waals surface area contributed by atoms with Gasteiger partial charge in [-0.15, -0.1) is 0 Å². The third-order valence-corrected chi connectivity index (χ3v) is 3.56. The van der Waals surface area contributed by atoms with Gasteiger partial charge < -0.3 is 15.6 Å². The summed E-state index contributed by atoms with van der Waals surface area (Å²) in [6, 6.07) is 2.96. The normalized spacial score (nSPS) is 24.3. The van der Waals surface area contributed by atoms with Crippen LogP contribution in [0.25, 0.3) is 11.0 Å². The third-order valence-electron chi connectivity index (χ3n) is 3.39. The van der Waals surface area contributed by atoms with E-state index in [2.05, 4.69) is 32.5 Å². The number of halogens is 1.